The van der Waals surface area contributed by atoms with Gasteiger partial charge in [-0.05, 0) is 53.4 Å². The van der Waals surface area contributed by atoms with Gasteiger partial charge in [-0.2, -0.15) is 0 Å². The average molecular weight is 328 g/mol. The van der Waals surface area contributed by atoms with Gasteiger partial charge in [-0.15, -0.1) is 0 Å². The fraction of sp³-hybridized carbons (Fsp3) is 0.812. The molecule has 23 heavy (non-hydrogen) atoms. The van der Waals surface area contributed by atoms with E-state index in [0.717, 1.165) is 0 Å². The maximum Gasteiger partial charge on any atom is 0.309 e. The summed E-state index contributed by atoms with van der Waals surface area (Å²) in [6.07, 6.45) is 2.47. The Bertz CT molecular complexity index is 423. The standard InChI is InChI=1S/C16H28N2O5/c1-5-22-10-13(19)17-18-14(20)11-6-8-12(9-7-11)15(21)23-16(2,3)4/h11-12H,5-10H2,1-4H3,(H,17,19)(H,18,20). The van der Waals surface area contributed by atoms with Gasteiger partial charge in [0.05, 0.1) is 5.92 Å². The second-order valence-corrected chi connectivity index (χ2v) is 6.76. The van der Waals surface area contributed by atoms with Gasteiger partial charge in [0, 0.05) is 12.5 Å². The summed E-state index contributed by atoms with van der Waals surface area (Å²) in [6, 6.07) is 0. The quantitative estimate of drug-likeness (QED) is 0.586. The predicted octanol–water partition coefficient (Wildman–Crippen LogP) is 1.32. The average Bonchev–Trinajstić information content (AvgIpc) is 2.49. The topological polar surface area (TPSA) is 93.7 Å². The van der Waals surface area contributed by atoms with E-state index in [4.69, 9.17) is 9.47 Å². The Morgan fingerprint density at radius 2 is 1.57 bits per heavy atom. The molecule has 1 rings (SSSR count). The van der Waals surface area contributed by atoms with E-state index in [-0.39, 0.29) is 36.2 Å². The highest BCUT2D eigenvalue weighted by molar-refractivity contribution is 5.84. The minimum atomic E-state index is -0.490. The Hall–Kier alpha value is -1.63. The maximum absolute atomic E-state index is 12.0. The Balaban J connectivity index is 2.31. The van der Waals surface area contributed by atoms with Gasteiger partial charge in [-0.1, -0.05) is 0 Å². The molecule has 7 nitrogen and oxygen atoms in total. The molecule has 132 valence electrons. The zero-order chi connectivity index (χ0) is 17.5. The first-order valence-electron chi connectivity index (χ1n) is 8.12. The summed E-state index contributed by atoms with van der Waals surface area (Å²) in [5, 5.41) is 0. The van der Waals surface area contributed by atoms with Crippen LogP contribution >= 0.6 is 0 Å². The van der Waals surface area contributed by atoms with Crippen LogP contribution in [0.5, 0.6) is 0 Å². The van der Waals surface area contributed by atoms with Gasteiger partial charge in [-0.25, -0.2) is 0 Å². The molecule has 1 saturated carbocycles. The number of rotatable bonds is 5. The van der Waals surface area contributed by atoms with Crippen molar-refractivity contribution < 1.29 is 23.9 Å². The second kappa shape index (κ2) is 8.86. The van der Waals surface area contributed by atoms with Crippen molar-refractivity contribution in [2.24, 2.45) is 11.8 Å². The van der Waals surface area contributed by atoms with Crippen molar-refractivity contribution in [1.29, 1.82) is 0 Å². The van der Waals surface area contributed by atoms with E-state index in [1.807, 2.05) is 20.8 Å². The molecule has 0 aromatic rings. The van der Waals surface area contributed by atoms with Gasteiger partial charge in [0.15, 0.2) is 0 Å². The van der Waals surface area contributed by atoms with Crippen LogP contribution in [0.2, 0.25) is 0 Å². The highest BCUT2D eigenvalue weighted by atomic mass is 16.6. The third-order valence-electron chi connectivity index (χ3n) is 3.60. The fourth-order valence-corrected chi connectivity index (χ4v) is 2.44. The third kappa shape index (κ3) is 7.45. The summed E-state index contributed by atoms with van der Waals surface area (Å²) >= 11 is 0. The van der Waals surface area contributed by atoms with Crippen LogP contribution in [-0.4, -0.2) is 36.6 Å². The summed E-state index contributed by atoms with van der Waals surface area (Å²) in [6.45, 7) is 7.67. The number of carbonyl (C=O) groups is 3. The number of esters is 1. The largest absolute Gasteiger partial charge is 0.460 e. The molecule has 7 heteroatoms. The second-order valence-electron chi connectivity index (χ2n) is 6.76. The SMILES string of the molecule is CCOCC(=O)NNC(=O)C1CCC(C(=O)OC(C)(C)C)CC1. The smallest absolute Gasteiger partial charge is 0.309 e. The Morgan fingerprint density at radius 3 is 2.09 bits per heavy atom. The first-order valence-corrected chi connectivity index (χ1v) is 8.12. The monoisotopic (exact) mass is 328 g/mol. The van der Waals surface area contributed by atoms with Crippen LogP contribution in [0.1, 0.15) is 53.4 Å². The van der Waals surface area contributed by atoms with Crippen molar-refractivity contribution in [2.75, 3.05) is 13.2 Å². The van der Waals surface area contributed by atoms with E-state index in [2.05, 4.69) is 10.9 Å². The van der Waals surface area contributed by atoms with Gasteiger partial charge in [0.1, 0.15) is 12.2 Å². The van der Waals surface area contributed by atoms with Crippen molar-refractivity contribution in [3.63, 3.8) is 0 Å². The number of hydrogen-bond donors (Lipinski definition) is 2. The molecule has 2 amide bonds. The molecule has 0 aromatic carbocycles. The molecule has 1 aliphatic carbocycles. The van der Waals surface area contributed by atoms with Crippen LogP contribution in [0.15, 0.2) is 0 Å². The van der Waals surface area contributed by atoms with Gasteiger partial charge in [0.2, 0.25) is 5.91 Å². The molecule has 0 heterocycles. The number of nitrogens with one attached hydrogen (secondary N) is 2. The Kier molecular flexibility index (Phi) is 7.48. The normalized spacial score (nSPS) is 21.4. The lowest BCUT2D eigenvalue weighted by Gasteiger charge is -2.29. The maximum atomic E-state index is 12.0. The zero-order valence-electron chi connectivity index (χ0n) is 14.4. The summed E-state index contributed by atoms with van der Waals surface area (Å²) < 4.78 is 10.3. The number of hydrazine groups is 1. The van der Waals surface area contributed by atoms with Crippen molar-refractivity contribution >= 4 is 17.8 Å². The minimum Gasteiger partial charge on any atom is -0.460 e. The molecule has 0 spiro atoms. The lowest BCUT2D eigenvalue weighted by atomic mass is 9.81. The van der Waals surface area contributed by atoms with Gasteiger partial charge < -0.3 is 9.47 Å². The van der Waals surface area contributed by atoms with E-state index >= 15 is 0 Å². The minimum absolute atomic E-state index is 0.0812. The molecule has 0 bridgehead atoms. The van der Waals surface area contributed by atoms with Crippen molar-refractivity contribution in [1.82, 2.24) is 10.9 Å². The van der Waals surface area contributed by atoms with Crippen LogP contribution in [0.4, 0.5) is 0 Å². The molecule has 0 atom stereocenters. The molecule has 0 aliphatic heterocycles. The van der Waals surface area contributed by atoms with Gasteiger partial charge in [-0.3, -0.25) is 25.2 Å². The Morgan fingerprint density at radius 1 is 1.00 bits per heavy atom. The molecule has 1 aliphatic rings. The summed E-state index contributed by atoms with van der Waals surface area (Å²) in [4.78, 5) is 35.4. The van der Waals surface area contributed by atoms with Crippen LogP contribution in [0.3, 0.4) is 0 Å². The molecule has 0 radical (unpaired) electrons. The lowest BCUT2D eigenvalue weighted by molar-refractivity contribution is -0.161. The molecule has 0 saturated heterocycles. The lowest BCUT2D eigenvalue weighted by Crippen LogP contribution is -2.46. The summed E-state index contributed by atoms with van der Waals surface area (Å²) in [7, 11) is 0. The fourth-order valence-electron chi connectivity index (χ4n) is 2.44. The first kappa shape index (κ1) is 19.4. The van der Waals surface area contributed by atoms with E-state index in [1.54, 1.807) is 6.92 Å². The third-order valence-corrected chi connectivity index (χ3v) is 3.60. The molecular formula is C16H28N2O5. The summed E-state index contributed by atoms with van der Waals surface area (Å²) in [5.41, 5.74) is 4.24. The van der Waals surface area contributed by atoms with Gasteiger partial charge in [0.25, 0.3) is 5.91 Å². The molecule has 2 N–H and O–H groups in total. The predicted molar refractivity (Wildman–Crippen MR) is 84.1 cm³/mol. The Labute approximate surface area is 137 Å². The summed E-state index contributed by atoms with van der Waals surface area (Å²) in [5.74, 6) is -1.14. The first-order chi connectivity index (χ1) is 10.7. The van der Waals surface area contributed by atoms with E-state index in [9.17, 15) is 14.4 Å². The molecular weight excluding hydrogens is 300 g/mol. The molecule has 0 unspecified atom stereocenters. The molecule has 1 fully saturated rings. The highest BCUT2D eigenvalue weighted by Gasteiger charge is 2.32. The van der Waals surface area contributed by atoms with Crippen molar-refractivity contribution in [3.8, 4) is 0 Å². The molecule has 0 aromatic heterocycles. The number of ether oxygens (including phenoxy) is 2. The highest BCUT2D eigenvalue weighted by Crippen LogP contribution is 2.30. The zero-order valence-corrected chi connectivity index (χ0v) is 14.4. The number of carbonyl (C=O) groups excluding carboxylic acids is 3. The van der Waals surface area contributed by atoms with Crippen LogP contribution < -0.4 is 10.9 Å². The van der Waals surface area contributed by atoms with E-state index < -0.39 is 5.60 Å². The van der Waals surface area contributed by atoms with Gasteiger partial charge >= 0.3 is 5.97 Å². The van der Waals surface area contributed by atoms with Crippen LogP contribution in [0, 0.1) is 11.8 Å². The van der Waals surface area contributed by atoms with E-state index in [0.29, 0.717) is 32.3 Å². The van der Waals surface area contributed by atoms with E-state index in [1.165, 1.54) is 0 Å². The van der Waals surface area contributed by atoms with Crippen molar-refractivity contribution in [3.05, 3.63) is 0 Å². The van der Waals surface area contributed by atoms with Crippen molar-refractivity contribution in [2.45, 2.75) is 59.0 Å². The number of amides is 2. The number of hydrogen-bond acceptors (Lipinski definition) is 5. The van der Waals surface area contributed by atoms with Crippen LogP contribution in [-0.2, 0) is 23.9 Å². The van der Waals surface area contributed by atoms with Crippen LogP contribution in [0.25, 0.3) is 0 Å².